The van der Waals surface area contributed by atoms with Crippen LogP contribution in [0.15, 0.2) is 27.3 Å². The molecule has 0 aliphatic rings. The number of nitrogens with two attached hydrogens (primary N) is 1. The van der Waals surface area contributed by atoms with Gasteiger partial charge < -0.3 is 10.5 Å². The zero-order chi connectivity index (χ0) is 22.0. The number of carbonyl (C=O) groups is 1. The second-order valence-corrected chi connectivity index (χ2v) is 6.33. The molecule has 0 unspecified atom stereocenters. The fourth-order valence-electron chi connectivity index (χ4n) is 2.87. The number of carbonyl (C=O) groups excluding carboxylic acids is 1. The van der Waals surface area contributed by atoms with Crippen molar-refractivity contribution in [2.75, 3.05) is 5.73 Å². The fourth-order valence-corrected chi connectivity index (χ4v) is 2.87. The number of allylic oxidation sites excluding steroid dienone is 1. The average Bonchev–Trinajstić information content (AvgIpc) is 2.65. The monoisotopic (exact) mass is 404 g/mol. The molecule has 1 aromatic heterocycles. The summed E-state index contributed by atoms with van der Waals surface area (Å²) < 4.78 is 31.1. The van der Waals surface area contributed by atoms with E-state index in [1.807, 2.05) is 0 Å². The second kappa shape index (κ2) is 8.10. The lowest BCUT2D eigenvalue weighted by Crippen LogP contribution is -2.41. The Morgan fingerprint density at radius 2 is 1.76 bits per heavy atom. The predicted molar refractivity (Wildman–Crippen MR) is 102 cm³/mol. The van der Waals surface area contributed by atoms with Crippen LogP contribution in [0, 0.1) is 25.2 Å². The van der Waals surface area contributed by atoms with Gasteiger partial charge in [0.2, 0.25) is 5.78 Å². The third-order valence-electron chi connectivity index (χ3n) is 4.30. The van der Waals surface area contributed by atoms with E-state index < -0.39 is 34.8 Å². The Morgan fingerprint density at radius 3 is 2.24 bits per heavy atom. The lowest BCUT2D eigenvalue weighted by Gasteiger charge is -2.12. The maximum Gasteiger partial charge on any atom is 0.387 e. The molecule has 0 amide bonds. The van der Waals surface area contributed by atoms with Gasteiger partial charge >= 0.3 is 12.3 Å². The topological polar surface area (TPSA) is 120 Å². The molecule has 2 N–H and O–H groups in total. The molecule has 1 aromatic carbocycles. The molecule has 0 aliphatic heterocycles. The number of alkyl halides is 2. The highest BCUT2D eigenvalue weighted by Gasteiger charge is 2.23. The second-order valence-electron chi connectivity index (χ2n) is 6.33. The number of halogens is 2. The Kier molecular flexibility index (Phi) is 6.02. The maximum atomic E-state index is 12.8. The summed E-state index contributed by atoms with van der Waals surface area (Å²) in [6.45, 7) is 0.0849. The molecule has 0 fully saturated rings. The van der Waals surface area contributed by atoms with E-state index in [1.54, 1.807) is 6.07 Å². The van der Waals surface area contributed by atoms with E-state index in [0.717, 1.165) is 4.57 Å². The highest BCUT2D eigenvalue weighted by molar-refractivity contribution is 6.16. The Morgan fingerprint density at radius 1 is 1.21 bits per heavy atom. The zero-order valence-electron chi connectivity index (χ0n) is 16.1. The van der Waals surface area contributed by atoms with E-state index in [4.69, 9.17) is 5.73 Å². The number of nitrogens with zero attached hydrogens (tertiary/aromatic N) is 3. The molecule has 0 bridgehead atoms. The first kappa shape index (κ1) is 21.6. The van der Waals surface area contributed by atoms with Crippen molar-refractivity contribution < 1.29 is 18.3 Å². The SMILES string of the molecule is Cc1cc(/C=C(\C#N)C(=O)c2c(N)n(C)c(=O)n(C)c2=O)cc(C)c1OC(F)F. The number of Topliss-reactive ketones (excluding diaryl/α,β-unsaturated/α-hetero) is 1. The highest BCUT2D eigenvalue weighted by Crippen LogP contribution is 2.27. The van der Waals surface area contributed by atoms with Crippen LogP contribution >= 0.6 is 0 Å². The number of benzene rings is 1. The number of ketones is 1. The lowest BCUT2D eigenvalue weighted by molar-refractivity contribution is -0.0507. The first-order chi connectivity index (χ1) is 13.5. The molecule has 0 saturated carbocycles. The number of hydrogen-bond acceptors (Lipinski definition) is 6. The number of hydrogen-bond donors (Lipinski definition) is 1. The predicted octanol–water partition coefficient (Wildman–Crippen LogP) is 1.67. The van der Waals surface area contributed by atoms with Crippen molar-refractivity contribution in [1.82, 2.24) is 9.13 Å². The van der Waals surface area contributed by atoms with E-state index in [1.165, 1.54) is 46.2 Å². The number of nitrogen functional groups attached to an aromatic ring is 1. The van der Waals surface area contributed by atoms with Gasteiger partial charge in [-0.2, -0.15) is 14.0 Å². The molecule has 2 aromatic rings. The highest BCUT2D eigenvalue weighted by atomic mass is 19.3. The van der Waals surface area contributed by atoms with Crippen LogP contribution in [-0.2, 0) is 14.1 Å². The molecule has 0 radical (unpaired) electrons. The summed E-state index contributed by atoms with van der Waals surface area (Å²) in [5.41, 5.74) is 4.32. The van der Waals surface area contributed by atoms with E-state index in [9.17, 15) is 28.4 Å². The number of ether oxygens (including phenoxy) is 1. The van der Waals surface area contributed by atoms with Crippen molar-refractivity contribution in [2.24, 2.45) is 14.1 Å². The normalized spacial score (nSPS) is 11.4. The molecule has 0 atom stereocenters. The molecule has 152 valence electrons. The molecule has 2 rings (SSSR count). The van der Waals surface area contributed by atoms with Gasteiger partial charge in [-0.25, -0.2) is 4.79 Å². The van der Waals surface area contributed by atoms with E-state index in [0.29, 0.717) is 21.3 Å². The van der Waals surface area contributed by atoms with Crippen LogP contribution in [-0.4, -0.2) is 21.5 Å². The smallest absolute Gasteiger partial charge is 0.387 e. The van der Waals surface area contributed by atoms with Crippen molar-refractivity contribution in [3.8, 4) is 11.8 Å². The third kappa shape index (κ3) is 4.08. The number of anilines is 1. The lowest BCUT2D eigenvalue weighted by atomic mass is 10.00. The van der Waals surface area contributed by atoms with Gasteiger partial charge in [-0.3, -0.25) is 18.7 Å². The van der Waals surface area contributed by atoms with Crippen molar-refractivity contribution in [2.45, 2.75) is 20.5 Å². The van der Waals surface area contributed by atoms with Crippen LogP contribution in [0.1, 0.15) is 27.0 Å². The van der Waals surface area contributed by atoms with Crippen molar-refractivity contribution in [1.29, 1.82) is 5.26 Å². The van der Waals surface area contributed by atoms with Gasteiger partial charge in [0, 0.05) is 14.1 Å². The van der Waals surface area contributed by atoms with Gasteiger partial charge in [-0.15, -0.1) is 0 Å². The van der Waals surface area contributed by atoms with E-state index >= 15 is 0 Å². The molecule has 1 heterocycles. The van der Waals surface area contributed by atoms with Crippen molar-refractivity contribution in [3.63, 3.8) is 0 Å². The molecular formula is C19H18F2N4O4. The molecule has 10 heteroatoms. The van der Waals surface area contributed by atoms with Crippen LogP contribution in [0.5, 0.6) is 5.75 Å². The Bertz CT molecular complexity index is 1160. The summed E-state index contributed by atoms with van der Waals surface area (Å²) in [7, 11) is 2.48. The Labute approximate surface area is 164 Å². The minimum absolute atomic E-state index is 0.00171. The van der Waals surface area contributed by atoms with Gasteiger partial charge in [0.05, 0.1) is 0 Å². The summed E-state index contributed by atoms with van der Waals surface area (Å²) in [6, 6.07) is 4.62. The van der Waals surface area contributed by atoms with Gasteiger partial charge in [0.15, 0.2) is 0 Å². The number of aromatic nitrogens is 2. The summed E-state index contributed by atoms with van der Waals surface area (Å²) in [5.74, 6) is -1.32. The van der Waals surface area contributed by atoms with Crippen LogP contribution in [0.2, 0.25) is 0 Å². The van der Waals surface area contributed by atoms with Gasteiger partial charge in [-0.05, 0) is 48.7 Å². The third-order valence-corrected chi connectivity index (χ3v) is 4.30. The number of aryl methyl sites for hydroxylation is 2. The molecule has 0 aliphatic carbocycles. The van der Waals surface area contributed by atoms with E-state index in [-0.39, 0.29) is 11.6 Å². The summed E-state index contributed by atoms with van der Waals surface area (Å²) in [4.78, 5) is 37.0. The van der Waals surface area contributed by atoms with Crippen LogP contribution in [0.3, 0.4) is 0 Å². The van der Waals surface area contributed by atoms with Gasteiger partial charge in [0.25, 0.3) is 5.56 Å². The minimum atomic E-state index is -2.99. The first-order valence-corrected chi connectivity index (χ1v) is 8.27. The van der Waals surface area contributed by atoms with E-state index in [2.05, 4.69) is 4.74 Å². The molecular weight excluding hydrogens is 386 g/mol. The van der Waals surface area contributed by atoms with Crippen molar-refractivity contribution in [3.05, 3.63) is 60.8 Å². The summed E-state index contributed by atoms with van der Waals surface area (Å²) >= 11 is 0. The standard InChI is InChI=1S/C19H18F2N4O4/c1-9-5-11(6-10(2)15(9)29-18(20)21)7-12(8-22)14(26)13-16(23)24(3)19(28)25(4)17(13)27/h5-7,18H,23H2,1-4H3/b12-7+. The summed E-state index contributed by atoms with van der Waals surface area (Å²) in [6.07, 6.45) is 1.21. The molecule has 8 nitrogen and oxygen atoms in total. The summed E-state index contributed by atoms with van der Waals surface area (Å²) in [5, 5.41) is 9.43. The molecule has 0 saturated heterocycles. The largest absolute Gasteiger partial charge is 0.434 e. The fraction of sp³-hybridized carbons (Fsp3) is 0.263. The van der Waals surface area contributed by atoms with Crippen LogP contribution < -0.4 is 21.7 Å². The molecule has 0 spiro atoms. The molecule has 29 heavy (non-hydrogen) atoms. The first-order valence-electron chi connectivity index (χ1n) is 8.27. The Balaban J connectivity index is 2.60. The van der Waals surface area contributed by atoms with Crippen molar-refractivity contribution >= 4 is 17.7 Å². The van der Waals surface area contributed by atoms with Crippen LogP contribution in [0.25, 0.3) is 6.08 Å². The number of nitriles is 1. The maximum absolute atomic E-state index is 12.8. The average molecular weight is 404 g/mol. The number of rotatable bonds is 5. The Hall–Kier alpha value is -3.74. The van der Waals surface area contributed by atoms with Crippen LogP contribution in [0.4, 0.5) is 14.6 Å². The minimum Gasteiger partial charge on any atom is -0.434 e. The van der Waals surface area contributed by atoms with Gasteiger partial charge in [-0.1, -0.05) is 0 Å². The van der Waals surface area contributed by atoms with Gasteiger partial charge in [0.1, 0.15) is 28.8 Å². The zero-order valence-corrected chi connectivity index (χ0v) is 16.1. The quantitative estimate of drug-likeness (QED) is 0.460.